The Morgan fingerprint density at radius 3 is 2.17 bits per heavy atom. The van der Waals surface area contributed by atoms with Gasteiger partial charge in [-0.15, -0.1) is 0 Å². The Hall–Kier alpha value is -4.19. The van der Waals surface area contributed by atoms with Crippen molar-refractivity contribution in [1.29, 1.82) is 0 Å². The van der Waals surface area contributed by atoms with Crippen LogP contribution in [0, 0.1) is 13.8 Å². The minimum atomic E-state index is -4.72. The van der Waals surface area contributed by atoms with Gasteiger partial charge in [-0.2, -0.15) is 26.3 Å². The number of aryl methyl sites for hydroxylation is 2. The third-order valence-corrected chi connectivity index (χ3v) is 7.31. The summed E-state index contributed by atoms with van der Waals surface area (Å²) in [5.74, 6) is 0.00107. The summed E-state index contributed by atoms with van der Waals surface area (Å²) < 4.78 is 102. The van der Waals surface area contributed by atoms with Crippen LogP contribution in [-0.4, -0.2) is 25.0 Å². The van der Waals surface area contributed by atoms with Crippen molar-refractivity contribution in [1.82, 2.24) is 14.5 Å². The van der Waals surface area contributed by atoms with Gasteiger partial charge in [-0.25, -0.2) is 9.97 Å². The normalized spacial score (nSPS) is 13.0. The molecule has 1 unspecified atom stereocenters. The molecule has 212 valence electrons. The topological polar surface area (TPSA) is 60.9 Å². The van der Waals surface area contributed by atoms with E-state index in [-0.39, 0.29) is 40.0 Å². The van der Waals surface area contributed by atoms with Crippen LogP contribution in [0.2, 0.25) is 0 Å². The van der Waals surface area contributed by atoms with E-state index >= 15 is 0 Å². The maximum Gasteiger partial charge on any atom is 0.434 e. The molecule has 3 aromatic carbocycles. The van der Waals surface area contributed by atoms with Crippen molar-refractivity contribution in [2.45, 2.75) is 31.1 Å². The highest BCUT2D eigenvalue weighted by molar-refractivity contribution is 7.84. The maximum atomic E-state index is 14.0. The SMILES string of the molecule is Cc1nc(-c2ccccc2C(F)(F)F)c(-c2cc(-c3cccc(S(C)=O)c3)ccc2-n2cc(C(F)(F)F)nc2C)o1. The fourth-order valence-electron chi connectivity index (χ4n) is 4.54. The molecule has 0 fully saturated rings. The van der Waals surface area contributed by atoms with Crippen molar-refractivity contribution in [3.8, 4) is 39.4 Å². The molecule has 2 heterocycles. The molecule has 12 heteroatoms. The van der Waals surface area contributed by atoms with E-state index < -0.39 is 34.4 Å². The lowest BCUT2D eigenvalue weighted by atomic mass is 9.96. The van der Waals surface area contributed by atoms with Crippen LogP contribution in [0.1, 0.15) is 23.0 Å². The lowest BCUT2D eigenvalue weighted by Crippen LogP contribution is -2.07. The Bertz CT molecular complexity index is 1790. The van der Waals surface area contributed by atoms with Gasteiger partial charge in [-0.1, -0.05) is 36.4 Å². The van der Waals surface area contributed by atoms with Crippen LogP contribution in [0.25, 0.3) is 39.4 Å². The van der Waals surface area contributed by atoms with E-state index in [4.69, 9.17) is 4.42 Å². The second-order valence-electron chi connectivity index (χ2n) is 9.21. The van der Waals surface area contributed by atoms with E-state index in [1.165, 1.54) is 48.9 Å². The Labute approximate surface area is 233 Å². The summed E-state index contributed by atoms with van der Waals surface area (Å²) in [5.41, 5.74) is -0.857. The van der Waals surface area contributed by atoms with Gasteiger partial charge in [0.15, 0.2) is 17.3 Å². The van der Waals surface area contributed by atoms with Crippen molar-refractivity contribution in [3.05, 3.63) is 95.9 Å². The predicted molar refractivity (Wildman–Crippen MR) is 142 cm³/mol. The molecule has 2 aromatic heterocycles. The van der Waals surface area contributed by atoms with Gasteiger partial charge in [-0.05, 0) is 48.4 Å². The maximum absolute atomic E-state index is 14.0. The zero-order valence-electron chi connectivity index (χ0n) is 21.8. The Morgan fingerprint density at radius 1 is 0.805 bits per heavy atom. The molecule has 0 aliphatic carbocycles. The zero-order chi connectivity index (χ0) is 29.7. The predicted octanol–water partition coefficient (Wildman–Crippen LogP) is 8.25. The fraction of sp³-hybridized carbons (Fsp3) is 0.172. The summed E-state index contributed by atoms with van der Waals surface area (Å²) in [6.45, 7) is 2.86. The molecular formula is C29H21F6N3O2S. The van der Waals surface area contributed by atoms with Crippen LogP contribution < -0.4 is 0 Å². The molecule has 0 aliphatic rings. The lowest BCUT2D eigenvalue weighted by Gasteiger charge is -2.15. The van der Waals surface area contributed by atoms with E-state index in [1.807, 2.05) is 0 Å². The van der Waals surface area contributed by atoms with Crippen LogP contribution in [-0.2, 0) is 23.2 Å². The number of oxazole rings is 1. The van der Waals surface area contributed by atoms with E-state index in [0.29, 0.717) is 16.0 Å². The highest BCUT2D eigenvalue weighted by atomic mass is 32.2. The number of benzene rings is 3. The van der Waals surface area contributed by atoms with Crippen LogP contribution in [0.15, 0.2) is 82.2 Å². The molecule has 5 aromatic rings. The molecule has 0 N–H and O–H groups in total. The molecule has 0 aliphatic heterocycles. The Balaban J connectivity index is 1.81. The standard InChI is InChI=1S/C29H21F6N3O2S/c1-16-36-25(29(33,34)35)15-38(16)24-12-11-19(18-7-6-8-20(13-18)41(3)39)14-22(24)27-26(37-17(2)40-27)21-9-4-5-10-23(21)28(30,31)32/h4-15H,1-3H3. The van der Waals surface area contributed by atoms with Crippen LogP contribution in [0.5, 0.6) is 0 Å². The molecule has 0 radical (unpaired) electrons. The number of nitrogens with zero attached hydrogens (tertiary/aromatic N) is 3. The Kier molecular flexibility index (Phi) is 7.14. The highest BCUT2D eigenvalue weighted by Crippen LogP contribution is 2.43. The van der Waals surface area contributed by atoms with Crippen molar-refractivity contribution in [3.63, 3.8) is 0 Å². The average molecular weight is 590 g/mol. The zero-order valence-corrected chi connectivity index (χ0v) is 22.6. The van der Waals surface area contributed by atoms with Crippen molar-refractivity contribution in [2.24, 2.45) is 0 Å². The number of hydrogen-bond acceptors (Lipinski definition) is 4. The summed E-state index contributed by atoms with van der Waals surface area (Å²) in [4.78, 5) is 8.45. The summed E-state index contributed by atoms with van der Waals surface area (Å²) in [6, 6.07) is 16.5. The molecule has 0 amide bonds. The van der Waals surface area contributed by atoms with E-state index in [0.717, 1.165) is 12.3 Å². The second kappa shape index (κ2) is 10.3. The molecule has 1 atom stereocenters. The van der Waals surface area contributed by atoms with Gasteiger partial charge in [0.25, 0.3) is 0 Å². The van der Waals surface area contributed by atoms with Gasteiger partial charge in [0.2, 0.25) is 0 Å². The molecule has 5 rings (SSSR count). The van der Waals surface area contributed by atoms with Crippen LogP contribution in [0.3, 0.4) is 0 Å². The summed E-state index contributed by atoms with van der Waals surface area (Å²) >= 11 is 0. The lowest BCUT2D eigenvalue weighted by molar-refractivity contribution is -0.141. The molecule has 0 spiro atoms. The molecule has 0 saturated heterocycles. The van der Waals surface area contributed by atoms with Crippen molar-refractivity contribution in [2.75, 3.05) is 6.26 Å². The average Bonchev–Trinajstić information content (AvgIpc) is 3.50. The molecule has 0 saturated carbocycles. The van der Waals surface area contributed by atoms with Crippen LogP contribution in [0.4, 0.5) is 26.3 Å². The first-order chi connectivity index (χ1) is 19.2. The number of aromatic nitrogens is 3. The smallest absolute Gasteiger partial charge is 0.434 e. The summed E-state index contributed by atoms with van der Waals surface area (Å²) in [7, 11) is -1.29. The van der Waals surface area contributed by atoms with Crippen molar-refractivity contribution >= 4 is 10.8 Å². The van der Waals surface area contributed by atoms with E-state index in [1.54, 1.807) is 36.4 Å². The Morgan fingerprint density at radius 2 is 1.51 bits per heavy atom. The first-order valence-corrected chi connectivity index (χ1v) is 13.7. The van der Waals surface area contributed by atoms with Crippen molar-refractivity contribution < 1.29 is 35.0 Å². The van der Waals surface area contributed by atoms with Crippen LogP contribution >= 0.6 is 0 Å². The third kappa shape index (κ3) is 5.56. The van der Waals surface area contributed by atoms with Gasteiger partial charge >= 0.3 is 12.4 Å². The van der Waals surface area contributed by atoms with Gasteiger partial charge in [-0.3, -0.25) is 4.21 Å². The number of halogens is 6. The molecule has 5 nitrogen and oxygen atoms in total. The largest absolute Gasteiger partial charge is 0.440 e. The van der Waals surface area contributed by atoms with E-state index in [9.17, 15) is 30.6 Å². The monoisotopic (exact) mass is 589 g/mol. The second-order valence-corrected chi connectivity index (χ2v) is 10.6. The van der Waals surface area contributed by atoms with E-state index in [2.05, 4.69) is 9.97 Å². The number of imidazole rings is 1. The summed E-state index contributed by atoms with van der Waals surface area (Å²) in [6.07, 6.45) is -7.08. The minimum Gasteiger partial charge on any atom is -0.440 e. The fourth-order valence-corrected chi connectivity index (χ4v) is 5.11. The minimum absolute atomic E-state index is 0.00295. The number of alkyl halides is 6. The molecule has 0 bridgehead atoms. The summed E-state index contributed by atoms with van der Waals surface area (Å²) in [5, 5.41) is 0. The quantitative estimate of drug-likeness (QED) is 0.194. The van der Waals surface area contributed by atoms with Gasteiger partial charge < -0.3 is 8.98 Å². The van der Waals surface area contributed by atoms with Gasteiger partial charge in [0.05, 0.1) is 11.3 Å². The highest BCUT2D eigenvalue weighted by Gasteiger charge is 2.36. The first-order valence-electron chi connectivity index (χ1n) is 12.1. The van der Waals surface area contributed by atoms with Gasteiger partial charge in [0.1, 0.15) is 11.5 Å². The molecule has 41 heavy (non-hydrogen) atoms. The van der Waals surface area contributed by atoms with Gasteiger partial charge in [0, 0.05) is 46.2 Å². The number of hydrogen-bond donors (Lipinski definition) is 0. The number of rotatable bonds is 5. The first kappa shape index (κ1) is 28.3. The third-order valence-electron chi connectivity index (χ3n) is 6.39. The molecular weight excluding hydrogens is 568 g/mol.